The average Bonchev–Trinajstić information content (AvgIpc) is 2.59. The molecule has 0 aliphatic carbocycles. The fourth-order valence-electron chi connectivity index (χ4n) is 3.00. The van der Waals surface area contributed by atoms with E-state index in [-0.39, 0.29) is 0 Å². The second kappa shape index (κ2) is 8.16. The molecule has 0 amide bonds. The van der Waals surface area contributed by atoms with Crippen molar-refractivity contribution in [3.05, 3.63) is 58.1 Å². The Morgan fingerprint density at radius 1 is 0.957 bits per heavy atom. The first-order valence-corrected chi connectivity index (χ1v) is 8.83. The molecule has 0 aromatic heterocycles. The number of rotatable bonds is 5. The lowest BCUT2D eigenvalue weighted by atomic mass is 9.96. The van der Waals surface area contributed by atoms with Gasteiger partial charge < -0.3 is 4.74 Å². The number of halogens is 2. The summed E-state index contributed by atoms with van der Waals surface area (Å²) in [6.07, 6.45) is 2.21. The second-order valence-corrected chi connectivity index (χ2v) is 6.66. The van der Waals surface area contributed by atoms with Crippen molar-refractivity contribution in [2.24, 2.45) is 0 Å². The third-order valence-electron chi connectivity index (χ3n) is 4.27. The summed E-state index contributed by atoms with van der Waals surface area (Å²) in [5, 5.41) is 1.20. The molecule has 0 spiro atoms. The van der Waals surface area contributed by atoms with Crippen LogP contribution in [0.15, 0.2) is 42.5 Å². The van der Waals surface area contributed by atoms with E-state index in [0.29, 0.717) is 10.0 Å². The van der Waals surface area contributed by atoms with E-state index in [9.17, 15) is 0 Å². The van der Waals surface area contributed by atoms with E-state index in [4.69, 9.17) is 27.9 Å². The van der Waals surface area contributed by atoms with E-state index in [1.165, 1.54) is 11.1 Å². The SMILES string of the molecule is Clc1ccc(-c2ccccc2CCCN2CCOCC2)cc1Cl. The summed E-state index contributed by atoms with van der Waals surface area (Å²) in [5.41, 5.74) is 3.73. The molecule has 4 heteroatoms. The number of ether oxygens (including phenoxy) is 1. The van der Waals surface area contributed by atoms with E-state index in [1.54, 1.807) is 0 Å². The molecule has 0 N–H and O–H groups in total. The van der Waals surface area contributed by atoms with E-state index < -0.39 is 0 Å². The molecule has 2 aromatic rings. The van der Waals surface area contributed by atoms with Crippen molar-refractivity contribution in [3.63, 3.8) is 0 Å². The van der Waals surface area contributed by atoms with Gasteiger partial charge in [-0.05, 0) is 48.2 Å². The molecule has 23 heavy (non-hydrogen) atoms. The number of benzene rings is 2. The Kier molecular flexibility index (Phi) is 5.96. The standard InChI is InChI=1S/C19H21Cl2NO/c20-18-8-7-16(14-19(18)21)17-6-2-1-4-15(17)5-3-9-22-10-12-23-13-11-22/h1-2,4,6-8,14H,3,5,9-13H2. The topological polar surface area (TPSA) is 12.5 Å². The number of aryl methyl sites for hydroxylation is 1. The Bertz CT molecular complexity index is 654. The van der Waals surface area contributed by atoms with Gasteiger partial charge in [0.25, 0.3) is 0 Å². The van der Waals surface area contributed by atoms with Gasteiger partial charge in [0.2, 0.25) is 0 Å². The zero-order valence-electron chi connectivity index (χ0n) is 13.1. The van der Waals surface area contributed by atoms with Crippen LogP contribution in [-0.2, 0) is 11.2 Å². The predicted molar refractivity (Wildman–Crippen MR) is 97.5 cm³/mol. The molecule has 1 fully saturated rings. The molecule has 1 aliphatic heterocycles. The molecule has 2 aromatic carbocycles. The van der Waals surface area contributed by atoms with Crippen molar-refractivity contribution in [2.75, 3.05) is 32.8 Å². The van der Waals surface area contributed by atoms with Gasteiger partial charge in [-0.2, -0.15) is 0 Å². The molecule has 3 rings (SSSR count). The van der Waals surface area contributed by atoms with Gasteiger partial charge in [0.15, 0.2) is 0 Å². The van der Waals surface area contributed by atoms with Gasteiger partial charge in [-0.15, -0.1) is 0 Å². The summed E-state index contributed by atoms with van der Waals surface area (Å²) in [7, 11) is 0. The lowest BCUT2D eigenvalue weighted by Gasteiger charge is -2.26. The van der Waals surface area contributed by atoms with Crippen LogP contribution in [0.1, 0.15) is 12.0 Å². The number of hydrogen-bond acceptors (Lipinski definition) is 2. The first-order chi connectivity index (χ1) is 11.2. The molecule has 1 saturated heterocycles. The van der Waals surface area contributed by atoms with Gasteiger partial charge in [-0.3, -0.25) is 4.90 Å². The highest BCUT2D eigenvalue weighted by Gasteiger charge is 2.11. The van der Waals surface area contributed by atoms with Gasteiger partial charge in [0, 0.05) is 13.1 Å². The van der Waals surface area contributed by atoms with Gasteiger partial charge in [-0.1, -0.05) is 53.5 Å². The van der Waals surface area contributed by atoms with E-state index in [1.807, 2.05) is 18.2 Å². The van der Waals surface area contributed by atoms with E-state index >= 15 is 0 Å². The zero-order chi connectivity index (χ0) is 16.1. The summed E-state index contributed by atoms with van der Waals surface area (Å²) in [6.45, 7) is 4.95. The van der Waals surface area contributed by atoms with Crippen LogP contribution in [0.5, 0.6) is 0 Å². The largest absolute Gasteiger partial charge is 0.379 e. The summed E-state index contributed by atoms with van der Waals surface area (Å²) in [5.74, 6) is 0. The van der Waals surface area contributed by atoms with Gasteiger partial charge >= 0.3 is 0 Å². The number of nitrogens with zero attached hydrogens (tertiary/aromatic N) is 1. The van der Waals surface area contributed by atoms with Crippen LogP contribution >= 0.6 is 23.2 Å². The van der Waals surface area contributed by atoms with Crippen LogP contribution in [0.25, 0.3) is 11.1 Å². The molecule has 122 valence electrons. The fraction of sp³-hybridized carbons (Fsp3) is 0.368. The molecule has 0 radical (unpaired) electrons. The third kappa shape index (κ3) is 4.48. The number of hydrogen-bond donors (Lipinski definition) is 0. The first kappa shape index (κ1) is 16.8. The molecule has 0 saturated carbocycles. The Morgan fingerprint density at radius 3 is 2.52 bits per heavy atom. The highest BCUT2D eigenvalue weighted by Crippen LogP contribution is 2.30. The fourth-order valence-corrected chi connectivity index (χ4v) is 3.30. The maximum absolute atomic E-state index is 6.17. The minimum Gasteiger partial charge on any atom is -0.379 e. The Hall–Kier alpha value is -1.06. The molecular formula is C19H21Cl2NO. The monoisotopic (exact) mass is 349 g/mol. The van der Waals surface area contributed by atoms with Crippen LogP contribution in [0, 0.1) is 0 Å². The van der Waals surface area contributed by atoms with Crippen molar-refractivity contribution in [2.45, 2.75) is 12.8 Å². The van der Waals surface area contributed by atoms with Crippen LogP contribution in [0.4, 0.5) is 0 Å². The van der Waals surface area contributed by atoms with Crippen molar-refractivity contribution in [3.8, 4) is 11.1 Å². The minimum absolute atomic E-state index is 0.597. The molecule has 0 atom stereocenters. The molecule has 0 unspecified atom stereocenters. The highest BCUT2D eigenvalue weighted by atomic mass is 35.5. The van der Waals surface area contributed by atoms with E-state index in [0.717, 1.165) is 51.3 Å². The first-order valence-electron chi connectivity index (χ1n) is 8.07. The summed E-state index contributed by atoms with van der Waals surface area (Å²) in [6, 6.07) is 14.4. The normalized spacial score (nSPS) is 15.7. The Labute approximate surface area is 148 Å². The van der Waals surface area contributed by atoms with Crippen molar-refractivity contribution >= 4 is 23.2 Å². The average molecular weight is 350 g/mol. The van der Waals surface area contributed by atoms with E-state index in [2.05, 4.69) is 29.2 Å². The molecule has 1 heterocycles. The zero-order valence-corrected chi connectivity index (χ0v) is 14.6. The molecule has 2 nitrogen and oxygen atoms in total. The van der Waals surface area contributed by atoms with Crippen molar-refractivity contribution in [1.82, 2.24) is 4.90 Å². The van der Waals surface area contributed by atoms with Crippen LogP contribution in [0.3, 0.4) is 0 Å². The highest BCUT2D eigenvalue weighted by molar-refractivity contribution is 6.42. The quantitative estimate of drug-likeness (QED) is 0.759. The number of morpholine rings is 1. The molecule has 1 aliphatic rings. The maximum atomic E-state index is 6.17. The summed E-state index contributed by atoms with van der Waals surface area (Å²) < 4.78 is 5.40. The minimum atomic E-state index is 0.597. The Balaban J connectivity index is 1.68. The lowest BCUT2D eigenvalue weighted by Crippen LogP contribution is -2.36. The van der Waals surface area contributed by atoms with Crippen molar-refractivity contribution < 1.29 is 4.74 Å². The van der Waals surface area contributed by atoms with Crippen LogP contribution in [0.2, 0.25) is 10.0 Å². The van der Waals surface area contributed by atoms with Crippen LogP contribution in [-0.4, -0.2) is 37.7 Å². The third-order valence-corrected chi connectivity index (χ3v) is 5.01. The maximum Gasteiger partial charge on any atom is 0.0598 e. The smallest absolute Gasteiger partial charge is 0.0598 e. The molecule has 0 bridgehead atoms. The predicted octanol–water partition coefficient (Wildman–Crippen LogP) is 4.93. The Morgan fingerprint density at radius 2 is 1.74 bits per heavy atom. The van der Waals surface area contributed by atoms with Crippen molar-refractivity contribution in [1.29, 1.82) is 0 Å². The second-order valence-electron chi connectivity index (χ2n) is 5.84. The molecular weight excluding hydrogens is 329 g/mol. The van der Waals surface area contributed by atoms with Gasteiger partial charge in [0.1, 0.15) is 0 Å². The van der Waals surface area contributed by atoms with Gasteiger partial charge in [-0.25, -0.2) is 0 Å². The lowest BCUT2D eigenvalue weighted by molar-refractivity contribution is 0.0375. The van der Waals surface area contributed by atoms with Crippen LogP contribution < -0.4 is 0 Å². The summed E-state index contributed by atoms with van der Waals surface area (Å²) in [4.78, 5) is 2.48. The summed E-state index contributed by atoms with van der Waals surface area (Å²) >= 11 is 12.2. The van der Waals surface area contributed by atoms with Gasteiger partial charge in [0.05, 0.1) is 23.3 Å².